The van der Waals surface area contributed by atoms with Crippen LogP contribution in [0.4, 0.5) is 0 Å². The summed E-state index contributed by atoms with van der Waals surface area (Å²) in [7, 11) is 0. The fourth-order valence-corrected chi connectivity index (χ4v) is 2.55. The average Bonchev–Trinajstić information content (AvgIpc) is 2.85. The van der Waals surface area contributed by atoms with E-state index < -0.39 is 5.91 Å². The fraction of sp³-hybridized carbons (Fsp3) is 0.462. The number of phenols is 1. The van der Waals surface area contributed by atoms with Gasteiger partial charge in [-0.1, -0.05) is 18.9 Å². The van der Waals surface area contributed by atoms with Crippen molar-refractivity contribution in [3.8, 4) is 5.75 Å². The fourth-order valence-electron chi connectivity index (χ4n) is 2.55. The van der Waals surface area contributed by atoms with Crippen LogP contribution >= 0.6 is 0 Å². The second-order valence-corrected chi connectivity index (χ2v) is 4.69. The number of nitrogen functional groups attached to an aromatic ring is 1. The van der Waals surface area contributed by atoms with Crippen molar-refractivity contribution >= 4 is 5.91 Å². The van der Waals surface area contributed by atoms with Crippen LogP contribution in [0.2, 0.25) is 0 Å². The first-order valence-electron chi connectivity index (χ1n) is 5.98. The molecule has 0 spiro atoms. The van der Waals surface area contributed by atoms with Crippen molar-refractivity contribution in [2.75, 3.05) is 0 Å². The molecule has 0 radical (unpaired) electrons. The molecule has 4 N–H and O–H groups in total. The quantitative estimate of drug-likeness (QED) is 0.416. The van der Waals surface area contributed by atoms with Crippen LogP contribution in [-0.4, -0.2) is 11.0 Å². The second kappa shape index (κ2) is 4.75. The van der Waals surface area contributed by atoms with E-state index in [1.54, 1.807) is 13.0 Å². The molecule has 0 aliphatic heterocycles. The monoisotopic (exact) mass is 234 g/mol. The molecule has 1 saturated carbocycles. The highest BCUT2D eigenvalue weighted by atomic mass is 16.3. The van der Waals surface area contributed by atoms with E-state index in [9.17, 15) is 9.90 Å². The van der Waals surface area contributed by atoms with Crippen LogP contribution in [0.1, 0.15) is 53.1 Å². The first-order valence-corrected chi connectivity index (χ1v) is 5.98. The summed E-state index contributed by atoms with van der Waals surface area (Å²) in [4.78, 5) is 11.6. The first-order chi connectivity index (χ1) is 8.13. The van der Waals surface area contributed by atoms with Gasteiger partial charge in [0.25, 0.3) is 5.91 Å². The topological polar surface area (TPSA) is 75.4 Å². The molecule has 1 aliphatic carbocycles. The number of aryl methyl sites for hydroxylation is 1. The number of nitrogens with two attached hydrogens (primary N) is 1. The Labute approximate surface area is 101 Å². The first kappa shape index (κ1) is 11.9. The van der Waals surface area contributed by atoms with E-state index in [-0.39, 0.29) is 11.3 Å². The number of hydrogen-bond acceptors (Lipinski definition) is 3. The van der Waals surface area contributed by atoms with Crippen LogP contribution in [0.25, 0.3) is 0 Å². The van der Waals surface area contributed by atoms with Crippen molar-refractivity contribution in [1.82, 2.24) is 5.43 Å². The molecular formula is C13H18N2O2. The molecule has 92 valence electrons. The minimum Gasteiger partial charge on any atom is -0.507 e. The minimum absolute atomic E-state index is 0.0229. The Balaban J connectivity index is 2.41. The molecule has 0 unspecified atom stereocenters. The molecule has 17 heavy (non-hydrogen) atoms. The third-order valence-corrected chi connectivity index (χ3v) is 3.53. The Hall–Kier alpha value is -1.55. The van der Waals surface area contributed by atoms with Gasteiger partial charge < -0.3 is 5.11 Å². The van der Waals surface area contributed by atoms with Gasteiger partial charge in [0.15, 0.2) is 0 Å². The van der Waals surface area contributed by atoms with E-state index in [1.165, 1.54) is 12.8 Å². The van der Waals surface area contributed by atoms with Gasteiger partial charge in [-0.25, -0.2) is 5.84 Å². The third-order valence-electron chi connectivity index (χ3n) is 3.53. The molecule has 2 rings (SSSR count). The highest BCUT2D eigenvalue weighted by Crippen LogP contribution is 2.36. The summed E-state index contributed by atoms with van der Waals surface area (Å²) in [5.41, 5.74) is 4.21. The summed E-state index contributed by atoms with van der Waals surface area (Å²) in [6, 6.07) is 3.74. The Bertz CT molecular complexity index is 437. The van der Waals surface area contributed by atoms with Gasteiger partial charge in [0.05, 0.1) is 5.56 Å². The van der Waals surface area contributed by atoms with Gasteiger partial charge >= 0.3 is 0 Å². The third kappa shape index (κ3) is 2.26. The lowest BCUT2D eigenvalue weighted by Gasteiger charge is -2.14. The molecular weight excluding hydrogens is 216 g/mol. The number of phenolic OH excluding ortho intramolecular Hbond substituents is 1. The highest BCUT2D eigenvalue weighted by molar-refractivity contribution is 5.97. The number of hydrazine groups is 1. The summed E-state index contributed by atoms with van der Waals surface area (Å²) in [6.07, 6.45) is 4.80. The van der Waals surface area contributed by atoms with Gasteiger partial charge in [0.1, 0.15) is 5.75 Å². The molecule has 1 aromatic rings. The number of benzene rings is 1. The van der Waals surface area contributed by atoms with Gasteiger partial charge in [-0.3, -0.25) is 10.2 Å². The molecule has 0 bridgehead atoms. The highest BCUT2D eigenvalue weighted by Gasteiger charge is 2.21. The predicted molar refractivity (Wildman–Crippen MR) is 65.7 cm³/mol. The Morgan fingerprint density at radius 2 is 2.06 bits per heavy atom. The number of aromatic hydroxyl groups is 1. The van der Waals surface area contributed by atoms with Gasteiger partial charge in [-0.2, -0.15) is 0 Å². The molecule has 0 heterocycles. The molecule has 1 aliphatic rings. The van der Waals surface area contributed by atoms with Crippen molar-refractivity contribution in [2.24, 2.45) is 5.84 Å². The van der Waals surface area contributed by atoms with E-state index in [0.717, 1.165) is 24.0 Å². The van der Waals surface area contributed by atoms with Crippen LogP contribution in [-0.2, 0) is 0 Å². The standard InChI is InChI=1S/C13H18N2O2/c1-8-6-10(9-4-2-3-5-9)7-11(12(8)16)13(17)15-14/h6-7,9,16H,2-5,14H2,1H3,(H,15,17). The Morgan fingerprint density at radius 3 is 2.65 bits per heavy atom. The normalized spacial score (nSPS) is 16.1. The molecule has 1 aromatic carbocycles. The number of rotatable bonds is 2. The van der Waals surface area contributed by atoms with Crippen LogP contribution in [0.3, 0.4) is 0 Å². The van der Waals surface area contributed by atoms with Crippen LogP contribution < -0.4 is 11.3 Å². The summed E-state index contributed by atoms with van der Waals surface area (Å²) in [5.74, 6) is 5.21. The predicted octanol–water partition coefficient (Wildman–Crippen LogP) is 1.96. The van der Waals surface area contributed by atoms with Gasteiger partial charge in [-0.15, -0.1) is 0 Å². The van der Waals surface area contributed by atoms with Crippen molar-refractivity contribution in [3.63, 3.8) is 0 Å². The maximum atomic E-state index is 11.6. The van der Waals surface area contributed by atoms with Crippen LogP contribution in [0.15, 0.2) is 12.1 Å². The molecule has 0 atom stereocenters. The molecule has 4 nitrogen and oxygen atoms in total. The van der Waals surface area contributed by atoms with E-state index in [1.807, 2.05) is 6.07 Å². The lowest BCUT2D eigenvalue weighted by atomic mass is 9.93. The van der Waals surface area contributed by atoms with Crippen molar-refractivity contribution in [3.05, 3.63) is 28.8 Å². The number of hydrogen-bond donors (Lipinski definition) is 3. The number of amides is 1. The Kier molecular flexibility index (Phi) is 3.33. The van der Waals surface area contributed by atoms with Crippen molar-refractivity contribution < 1.29 is 9.90 Å². The Morgan fingerprint density at radius 1 is 1.41 bits per heavy atom. The van der Waals surface area contributed by atoms with E-state index in [2.05, 4.69) is 5.43 Å². The zero-order valence-corrected chi connectivity index (χ0v) is 9.99. The van der Waals surface area contributed by atoms with Crippen molar-refractivity contribution in [2.45, 2.75) is 38.5 Å². The molecule has 1 fully saturated rings. The number of carbonyl (C=O) groups is 1. The maximum Gasteiger partial charge on any atom is 0.268 e. The molecule has 4 heteroatoms. The smallest absolute Gasteiger partial charge is 0.268 e. The van der Waals surface area contributed by atoms with Gasteiger partial charge in [0.2, 0.25) is 0 Å². The average molecular weight is 234 g/mol. The molecule has 1 amide bonds. The maximum absolute atomic E-state index is 11.6. The van der Waals surface area contributed by atoms with Crippen molar-refractivity contribution in [1.29, 1.82) is 0 Å². The summed E-state index contributed by atoms with van der Waals surface area (Å²) in [6.45, 7) is 1.81. The summed E-state index contributed by atoms with van der Waals surface area (Å²) >= 11 is 0. The summed E-state index contributed by atoms with van der Waals surface area (Å²) < 4.78 is 0. The number of carbonyl (C=O) groups excluding carboxylic acids is 1. The largest absolute Gasteiger partial charge is 0.507 e. The SMILES string of the molecule is Cc1cc(C2CCCC2)cc(C(=O)NN)c1O. The van der Waals surface area contributed by atoms with E-state index in [4.69, 9.17) is 5.84 Å². The zero-order valence-electron chi connectivity index (χ0n) is 9.99. The second-order valence-electron chi connectivity index (χ2n) is 4.69. The zero-order chi connectivity index (χ0) is 12.4. The van der Waals surface area contributed by atoms with Gasteiger partial charge in [-0.05, 0) is 42.9 Å². The van der Waals surface area contributed by atoms with Crippen LogP contribution in [0, 0.1) is 6.92 Å². The van der Waals surface area contributed by atoms with E-state index in [0.29, 0.717) is 5.92 Å². The lowest BCUT2D eigenvalue weighted by Crippen LogP contribution is -2.30. The number of nitrogens with one attached hydrogen (secondary N) is 1. The summed E-state index contributed by atoms with van der Waals surface area (Å²) in [5, 5.41) is 9.85. The van der Waals surface area contributed by atoms with Crippen LogP contribution in [0.5, 0.6) is 5.75 Å². The minimum atomic E-state index is -0.439. The molecule has 0 saturated heterocycles. The van der Waals surface area contributed by atoms with E-state index >= 15 is 0 Å². The molecule has 0 aromatic heterocycles. The lowest BCUT2D eigenvalue weighted by molar-refractivity contribution is 0.0950. The van der Waals surface area contributed by atoms with Gasteiger partial charge in [0, 0.05) is 0 Å².